The molecule has 0 radical (unpaired) electrons. The highest BCUT2D eigenvalue weighted by atomic mass is 16.6. The van der Waals surface area contributed by atoms with E-state index < -0.39 is 18.1 Å². The van der Waals surface area contributed by atoms with Gasteiger partial charge in [0.1, 0.15) is 0 Å². The van der Waals surface area contributed by atoms with Gasteiger partial charge in [-0.05, 0) is 20.8 Å². The van der Waals surface area contributed by atoms with Gasteiger partial charge in [-0.15, -0.1) is 0 Å². The van der Waals surface area contributed by atoms with Gasteiger partial charge < -0.3 is 20.0 Å². The van der Waals surface area contributed by atoms with Crippen LogP contribution in [0.1, 0.15) is 20.8 Å². The van der Waals surface area contributed by atoms with Crippen molar-refractivity contribution in [3.63, 3.8) is 0 Å². The molecule has 0 spiro atoms. The Hall–Kier alpha value is -2.88. The second-order valence-corrected chi connectivity index (χ2v) is 6.90. The first-order valence-corrected chi connectivity index (χ1v) is 8.13. The molecule has 1 saturated heterocycles. The van der Waals surface area contributed by atoms with E-state index in [-0.39, 0.29) is 25.2 Å². The van der Waals surface area contributed by atoms with Crippen molar-refractivity contribution in [1.29, 1.82) is 0 Å². The van der Waals surface area contributed by atoms with Gasteiger partial charge in [0.2, 0.25) is 0 Å². The molecule has 0 saturated carbocycles. The number of carbonyl (C=O) groups excluding carboxylic acids is 2. The number of cyclic esters (lactones) is 1. The lowest BCUT2D eigenvalue weighted by atomic mass is 10.1. The fraction of sp³-hybridized carbons (Fsp3) is 0.500. The van der Waals surface area contributed by atoms with Crippen molar-refractivity contribution in [2.75, 3.05) is 24.6 Å². The summed E-state index contributed by atoms with van der Waals surface area (Å²) in [7, 11) is 0. The summed E-state index contributed by atoms with van der Waals surface area (Å²) in [5, 5.41) is 9.03. The fourth-order valence-corrected chi connectivity index (χ4v) is 2.73. The molecule has 3 heterocycles. The molecule has 2 aromatic heterocycles. The van der Waals surface area contributed by atoms with Gasteiger partial charge in [0, 0.05) is 11.6 Å². The number of pyridine rings is 1. The summed E-state index contributed by atoms with van der Waals surface area (Å²) in [5.74, 6) is -0.705. The number of oxazole rings is 1. The Bertz CT molecular complexity index is 923. The van der Waals surface area contributed by atoms with E-state index in [2.05, 4.69) is 9.98 Å². The summed E-state index contributed by atoms with van der Waals surface area (Å²) in [6.07, 6.45) is -0.166. The molecule has 2 amide bonds. The molecule has 0 unspecified atom stereocenters. The third-order valence-electron chi connectivity index (χ3n) is 3.88. The molecule has 10 nitrogen and oxygen atoms in total. The number of anilines is 1. The minimum atomic E-state index is -0.996. The molecule has 26 heavy (non-hydrogen) atoms. The molecule has 140 valence electrons. The number of rotatable bonds is 4. The number of hydrogen-bond acceptors (Lipinski definition) is 7. The molecule has 0 bridgehead atoms. The van der Waals surface area contributed by atoms with Crippen LogP contribution < -0.4 is 16.3 Å². The van der Waals surface area contributed by atoms with E-state index in [9.17, 15) is 9.59 Å². The van der Waals surface area contributed by atoms with Crippen LogP contribution in [0.25, 0.3) is 11.2 Å². The number of fused-ring (bicyclic) bond motifs is 1. The second kappa shape index (κ2) is 6.45. The van der Waals surface area contributed by atoms with Crippen LogP contribution in [0.4, 0.5) is 10.5 Å². The maximum absolute atomic E-state index is 12.0. The van der Waals surface area contributed by atoms with Crippen LogP contribution in [-0.4, -0.2) is 52.5 Å². The van der Waals surface area contributed by atoms with Gasteiger partial charge in [-0.1, -0.05) is 0 Å². The highest BCUT2D eigenvalue weighted by Gasteiger charge is 2.36. The predicted octanol–water partition coefficient (Wildman–Crippen LogP) is 0.0878. The third-order valence-corrected chi connectivity index (χ3v) is 3.88. The number of nitrogens with zero attached hydrogens (tertiary/aromatic N) is 4. The van der Waals surface area contributed by atoms with E-state index >= 15 is 0 Å². The number of carbonyl (C=O) groups is 2. The van der Waals surface area contributed by atoms with Gasteiger partial charge in [-0.2, -0.15) is 0 Å². The third kappa shape index (κ3) is 3.15. The van der Waals surface area contributed by atoms with Gasteiger partial charge >= 0.3 is 6.09 Å². The number of hydrogen-bond donors (Lipinski definition) is 2. The van der Waals surface area contributed by atoms with E-state index in [0.29, 0.717) is 22.6 Å². The van der Waals surface area contributed by atoms with Crippen LogP contribution in [0, 0.1) is 0 Å². The van der Waals surface area contributed by atoms with Gasteiger partial charge in [0.15, 0.2) is 17.3 Å². The quantitative estimate of drug-likeness (QED) is 0.790. The van der Waals surface area contributed by atoms with Crippen LogP contribution in [0.15, 0.2) is 21.7 Å². The van der Waals surface area contributed by atoms with Crippen LogP contribution in [0.3, 0.4) is 0 Å². The first-order valence-electron chi connectivity index (χ1n) is 8.13. The summed E-state index contributed by atoms with van der Waals surface area (Å²) in [6.45, 7) is 6.04. The largest absolute Gasteiger partial charge is 0.434 e. The predicted molar refractivity (Wildman–Crippen MR) is 91.3 cm³/mol. The van der Waals surface area contributed by atoms with Crippen molar-refractivity contribution < 1.29 is 23.8 Å². The average Bonchev–Trinajstić information content (AvgIpc) is 3.12. The summed E-state index contributed by atoms with van der Waals surface area (Å²) in [4.78, 5) is 33.2. The Morgan fingerprint density at radius 2 is 2.23 bits per heavy atom. The number of amides is 2. The molecule has 1 aliphatic heterocycles. The van der Waals surface area contributed by atoms with Crippen LogP contribution in [0.5, 0.6) is 0 Å². The number of primary amides is 1. The first kappa shape index (κ1) is 17.9. The number of aliphatic hydroxyl groups excluding tert-OH is 1. The smallest absolute Gasteiger partial charge is 0.415 e. The molecule has 1 atom stereocenters. The Kier molecular flexibility index (Phi) is 4.45. The molecule has 0 aromatic carbocycles. The molecule has 2 aromatic rings. The van der Waals surface area contributed by atoms with Gasteiger partial charge in [-0.25, -0.2) is 14.8 Å². The molecule has 10 heteroatoms. The van der Waals surface area contributed by atoms with Crippen molar-refractivity contribution in [2.24, 2.45) is 10.7 Å². The van der Waals surface area contributed by atoms with Crippen molar-refractivity contribution in [2.45, 2.75) is 32.4 Å². The van der Waals surface area contributed by atoms with Gasteiger partial charge in [0.25, 0.3) is 11.6 Å². The zero-order valence-corrected chi connectivity index (χ0v) is 14.8. The van der Waals surface area contributed by atoms with Crippen LogP contribution in [0.2, 0.25) is 0 Å². The zero-order chi connectivity index (χ0) is 19.1. The van der Waals surface area contributed by atoms with E-state index in [1.807, 2.05) is 25.3 Å². The minimum Gasteiger partial charge on any atom is -0.434 e. The minimum absolute atomic E-state index is 0.0169. The highest BCUT2D eigenvalue weighted by molar-refractivity contribution is 5.95. The Morgan fingerprint density at radius 1 is 1.50 bits per heavy atom. The second-order valence-electron chi connectivity index (χ2n) is 6.90. The summed E-state index contributed by atoms with van der Waals surface area (Å²) in [6, 6.07) is 1.63. The summed E-state index contributed by atoms with van der Waals surface area (Å²) >= 11 is 0. The summed E-state index contributed by atoms with van der Waals surface area (Å²) in [5.41, 5.74) is 6.56. The lowest BCUT2D eigenvalue weighted by molar-refractivity contribution is -0.124. The zero-order valence-electron chi connectivity index (χ0n) is 14.8. The van der Waals surface area contributed by atoms with Crippen molar-refractivity contribution in [3.05, 3.63) is 17.9 Å². The Labute approximate surface area is 148 Å². The molecule has 1 fully saturated rings. The SMILES string of the molecule is CC(C)(C)n1/c(=N/CCO)oc2cc(N3C[C@H](C(N)=O)OC3=O)cnc21. The van der Waals surface area contributed by atoms with E-state index in [4.69, 9.17) is 20.0 Å². The number of aromatic nitrogens is 2. The topological polar surface area (TPSA) is 136 Å². The lowest BCUT2D eigenvalue weighted by Gasteiger charge is -2.20. The van der Waals surface area contributed by atoms with Gasteiger partial charge in [-0.3, -0.25) is 14.3 Å². The molecule has 3 rings (SSSR count). The van der Waals surface area contributed by atoms with Crippen molar-refractivity contribution in [1.82, 2.24) is 9.55 Å². The molecule has 3 N–H and O–H groups in total. The maximum Gasteiger partial charge on any atom is 0.415 e. The lowest BCUT2D eigenvalue weighted by Crippen LogP contribution is -2.33. The van der Waals surface area contributed by atoms with Crippen LogP contribution in [-0.2, 0) is 15.1 Å². The first-order chi connectivity index (χ1) is 12.2. The number of ether oxygens (including phenoxy) is 1. The average molecular weight is 363 g/mol. The van der Waals surface area contributed by atoms with Crippen LogP contribution >= 0.6 is 0 Å². The maximum atomic E-state index is 12.0. The van der Waals surface area contributed by atoms with E-state index in [0.717, 1.165) is 0 Å². The van der Waals surface area contributed by atoms with Crippen molar-refractivity contribution in [3.8, 4) is 0 Å². The van der Waals surface area contributed by atoms with E-state index in [1.54, 1.807) is 6.07 Å². The molecule has 1 aliphatic rings. The van der Waals surface area contributed by atoms with Gasteiger partial charge in [0.05, 0.1) is 31.6 Å². The molecular formula is C16H21N5O5. The fourth-order valence-electron chi connectivity index (χ4n) is 2.73. The monoisotopic (exact) mass is 363 g/mol. The highest BCUT2D eigenvalue weighted by Crippen LogP contribution is 2.26. The number of aliphatic hydroxyl groups is 1. The Balaban J connectivity index is 2.08. The van der Waals surface area contributed by atoms with Crippen molar-refractivity contribution >= 4 is 28.9 Å². The standard InChI is InChI=1S/C16H21N5O5/c1-16(2,3)21-13-10(25-14(21)18-4-5-22)6-9(7-19-13)20-8-11(12(17)23)26-15(20)24/h6-7,11,22H,4-5,8H2,1-3H3,(H2,17,23)/b18-14-/t11-/m1/s1. The Morgan fingerprint density at radius 3 is 2.81 bits per heavy atom. The normalized spacial score (nSPS) is 18.6. The molecule has 0 aliphatic carbocycles. The van der Waals surface area contributed by atoms with E-state index in [1.165, 1.54) is 11.1 Å². The number of nitrogens with two attached hydrogens (primary N) is 1. The molecular weight excluding hydrogens is 342 g/mol. The summed E-state index contributed by atoms with van der Waals surface area (Å²) < 4.78 is 12.5.